The molecule has 0 spiro atoms. The number of fused-ring (bicyclic) bond motifs is 1. The highest BCUT2D eigenvalue weighted by Gasteiger charge is 2.35. The molecule has 26 heavy (non-hydrogen) atoms. The Morgan fingerprint density at radius 2 is 2.19 bits per heavy atom. The summed E-state index contributed by atoms with van der Waals surface area (Å²) < 4.78 is 1.72. The molecule has 7 heteroatoms. The average molecular weight is 355 g/mol. The van der Waals surface area contributed by atoms with Crippen LogP contribution in [0.15, 0.2) is 18.5 Å². The van der Waals surface area contributed by atoms with Crippen molar-refractivity contribution in [2.24, 2.45) is 11.1 Å². The molecular formula is C19H25N5O2. The highest BCUT2D eigenvalue weighted by molar-refractivity contribution is 6.03. The minimum atomic E-state index is -0.502. The highest BCUT2D eigenvalue weighted by atomic mass is 16.2. The van der Waals surface area contributed by atoms with E-state index < -0.39 is 5.91 Å². The molecule has 1 saturated heterocycles. The zero-order valence-corrected chi connectivity index (χ0v) is 15.3. The fourth-order valence-corrected chi connectivity index (χ4v) is 4.22. The first-order chi connectivity index (χ1) is 12.4. The van der Waals surface area contributed by atoms with Gasteiger partial charge in [-0.1, -0.05) is 20.3 Å². The number of anilines is 2. The maximum Gasteiger partial charge on any atom is 0.252 e. The molecule has 2 aromatic heterocycles. The van der Waals surface area contributed by atoms with Crippen molar-refractivity contribution in [3.05, 3.63) is 24.0 Å². The quantitative estimate of drug-likeness (QED) is 0.881. The van der Waals surface area contributed by atoms with Crippen LogP contribution < -0.4 is 16.0 Å². The second-order valence-corrected chi connectivity index (χ2v) is 8.05. The Kier molecular flexibility index (Phi) is 3.89. The Balaban J connectivity index is 1.80. The van der Waals surface area contributed by atoms with Gasteiger partial charge in [0, 0.05) is 19.0 Å². The largest absolute Gasteiger partial charge is 0.379 e. The van der Waals surface area contributed by atoms with E-state index in [1.807, 2.05) is 12.3 Å². The van der Waals surface area contributed by atoms with Crippen molar-refractivity contribution in [2.75, 3.05) is 16.8 Å². The number of hydrogen-bond donors (Lipinski definition) is 2. The number of hydrogen-bond acceptors (Lipinski definition) is 4. The van der Waals surface area contributed by atoms with Crippen LogP contribution in [0.5, 0.6) is 0 Å². The van der Waals surface area contributed by atoms with Gasteiger partial charge < -0.3 is 16.0 Å². The van der Waals surface area contributed by atoms with Gasteiger partial charge in [0.15, 0.2) is 0 Å². The van der Waals surface area contributed by atoms with Gasteiger partial charge in [-0.05, 0) is 30.7 Å². The van der Waals surface area contributed by atoms with Crippen LogP contribution in [0.25, 0.3) is 5.52 Å². The van der Waals surface area contributed by atoms with Crippen LogP contribution >= 0.6 is 0 Å². The lowest BCUT2D eigenvalue weighted by Crippen LogP contribution is -2.32. The Morgan fingerprint density at radius 1 is 1.38 bits per heavy atom. The smallest absolute Gasteiger partial charge is 0.252 e. The summed E-state index contributed by atoms with van der Waals surface area (Å²) in [5.41, 5.74) is 8.45. The third-order valence-electron chi connectivity index (χ3n) is 5.85. The molecule has 1 aliphatic heterocycles. The fraction of sp³-hybridized carbons (Fsp3) is 0.526. The standard InChI is InChI=1S/C19H25N5O2/c1-19(2)7-3-5-15(19)22-17-13(18(20)26)10-21-24-11-12(9-14(17)24)23-8-4-6-16(23)25/h9-11,15,22H,3-8H2,1-2H3,(H2,20,26). The first-order valence-corrected chi connectivity index (χ1v) is 9.25. The van der Waals surface area contributed by atoms with Gasteiger partial charge in [0.25, 0.3) is 5.91 Å². The van der Waals surface area contributed by atoms with E-state index in [4.69, 9.17) is 5.73 Å². The molecule has 2 aromatic rings. The van der Waals surface area contributed by atoms with E-state index in [0.29, 0.717) is 17.7 Å². The molecule has 2 aliphatic rings. The number of rotatable bonds is 4. The topological polar surface area (TPSA) is 92.7 Å². The van der Waals surface area contributed by atoms with Gasteiger partial charge in [0.1, 0.15) is 0 Å². The van der Waals surface area contributed by atoms with Crippen LogP contribution in [0.3, 0.4) is 0 Å². The fourth-order valence-electron chi connectivity index (χ4n) is 4.22. The average Bonchev–Trinajstić information content (AvgIpc) is 3.26. The maximum atomic E-state index is 12.1. The van der Waals surface area contributed by atoms with Crippen molar-refractivity contribution in [2.45, 2.75) is 52.0 Å². The zero-order valence-electron chi connectivity index (χ0n) is 15.3. The van der Waals surface area contributed by atoms with Crippen LogP contribution in [0.2, 0.25) is 0 Å². The number of carbonyl (C=O) groups excluding carboxylic acids is 2. The van der Waals surface area contributed by atoms with Crippen molar-refractivity contribution >= 4 is 28.7 Å². The van der Waals surface area contributed by atoms with E-state index in [1.165, 1.54) is 6.20 Å². The molecule has 0 aromatic carbocycles. The van der Waals surface area contributed by atoms with E-state index in [2.05, 4.69) is 24.3 Å². The van der Waals surface area contributed by atoms with Gasteiger partial charge in [0.05, 0.1) is 34.8 Å². The molecule has 0 bridgehead atoms. The van der Waals surface area contributed by atoms with Crippen LogP contribution in [-0.4, -0.2) is 34.0 Å². The number of primary amides is 1. The predicted molar refractivity (Wildman–Crippen MR) is 100 cm³/mol. The lowest BCUT2D eigenvalue weighted by Gasteiger charge is -2.29. The Bertz CT molecular complexity index is 885. The number of nitrogens with zero attached hydrogens (tertiary/aromatic N) is 3. The Morgan fingerprint density at radius 3 is 2.81 bits per heavy atom. The van der Waals surface area contributed by atoms with E-state index >= 15 is 0 Å². The maximum absolute atomic E-state index is 12.1. The second kappa shape index (κ2) is 6.00. The minimum absolute atomic E-state index is 0.127. The summed E-state index contributed by atoms with van der Waals surface area (Å²) in [7, 11) is 0. The van der Waals surface area contributed by atoms with Gasteiger partial charge in [-0.15, -0.1) is 0 Å². The normalized spacial score (nSPS) is 22.3. The molecule has 4 rings (SSSR count). The molecule has 2 amide bonds. The number of carbonyl (C=O) groups is 2. The van der Waals surface area contributed by atoms with Gasteiger partial charge in [-0.3, -0.25) is 9.59 Å². The number of nitrogens with two attached hydrogens (primary N) is 1. The molecule has 0 radical (unpaired) electrons. The zero-order chi connectivity index (χ0) is 18.5. The van der Waals surface area contributed by atoms with Gasteiger partial charge in [0.2, 0.25) is 5.91 Å². The summed E-state index contributed by atoms with van der Waals surface area (Å²) in [4.78, 5) is 25.8. The summed E-state index contributed by atoms with van der Waals surface area (Å²) in [6.07, 6.45) is 8.15. The van der Waals surface area contributed by atoms with Crippen molar-refractivity contribution in [1.82, 2.24) is 9.61 Å². The SMILES string of the molecule is CC1(C)CCCC1Nc1c(C(N)=O)cnn2cc(N3CCCC3=O)cc12. The lowest BCUT2D eigenvalue weighted by atomic mass is 9.87. The minimum Gasteiger partial charge on any atom is -0.379 e. The molecule has 138 valence electrons. The monoisotopic (exact) mass is 355 g/mol. The molecule has 1 saturated carbocycles. The van der Waals surface area contributed by atoms with E-state index in [0.717, 1.165) is 43.4 Å². The number of amides is 2. The van der Waals surface area contributed by atoms with Crippen molar-refractivity contribution in [3.8, 4) is 0 Å². The number of aromatic nitrogens is 2. The summed E-state index contributed by atoms with van der Waals surface area (Å²) >= 11 is 0. The number of nitrogens with one attached hydrogen (secondary N) is 1. The molecule has 1 aliphatic carbocycles. The van der Waals surface area contributed by atoms with Crippen molar-refractivity contribution in [3.63, 3.8) is 0 Å². The summed E-state index contributed by atoms with van der Waals surface area (Å²) in [5, 5.41) is 7.90. The van der Waals surface area contributed by atoms with E-state index in [9.17, 15) is 9.59 Å². The van der Waals surface area contributed by atoms with Gasteiger partial charge in [-0.25, -0.2) is 4.52 Å². The lowest BCUT2D eigenvalue weighted by molar-refractivity contribution is -0.117. The summed E-state index contributed by atoms with van der Waals surface area (Å²) in [6.45, 7) is 5.20. The van der Waals surface area contributed by atoms with E-state index in [-0.39, 0.29) is 17.4 Å². The second-order valence-electron chi connectivity index (χ2n) is 8.05. The highest BCUT2D eigenvalue weighted by Crippen LogP contribution is 2.40. The first kappa shape index (κ1) is 16.9. The summed E-state index contributed by atoms with van der Waals surface area (Å²) in [6, 6.07) is 2.19. The van der Waals surface area contributed by atoms with Gasteiger partial charge in [-0.2, -0.15) is 5.10 Å². The third kappa shape index (κ3) is 2.71. The Labute approximate surface area is 152 Å². The van der Waals surface area contributed by atoms with Crippen LogP contribution in [0.1, 0.15) is 56.3 Å². The molecule has 3 N–H and O–H groups in total. The molecule has 3 heterocycles. The van der Waals surface area contributed by atoms with Gasteiger partial charge >= 0.3 is 0 Å². The van der Waals surface area contributed by atoms with E-state index in [1.54, 1.807) is 9.42 Å². The molecular weight excluding hydrogens is 330 g/mol. The van der Waals surface area contributed by atoms with Crippen molar-refractivity contribution < 1.29 is 9.59 Å². The third-order valence-corrected chi connectivity index (χ3v) is 5.85. The molecule has 1 atom stereocenters. The predicted octanol–water partition coefficient (Wildman–Crippen LogP) is 2.55. The van der Waals surface area contributed by atoms with Crippen LogP contribution in [0, 0.1) is 5.41 Å². The molecule has 2 fully saturated rings. The molecule has 7 nitrogen and oxygen atoms in total. The van der Waals surface area contributed by atoms with Crippen LogP contribution in [0.4, 0.5) is 11.4 Å². The van der Waals surface area contributed by atoms with Crippen molar-refractivity contribution in [1.29, 1.82) is 0 Å². The first-order valence-electron chi connectivity index (χ1n) is 9.25. The molecule has 1 unspecified atom stereocenters. The Hall–Kier alpha value is -2.57. The summed E-state index contributed by atoms with van der Waals surface area (Å²) in [5.74, 6) is -0.374. The van der Waals surface area contributed by atoms with Crippen LogP contribution in [-0.2, 0) is 4.79 Å².